The number of halogens is 3. The third-order valence-corrected chi connectivity index (χ3v) is 5.99. The Balaban J connectivity index is 1.50. The third-order valence-electron chi connectivity index (χ3n) is 5.99. The Bertz CT molecular complexity index is 1320. The zero-order chi connectivity index (χ0) is 25.1. The molecule has 184 valence electrons. The first-order valence-corrected chi connectivity index (χ1v) is 11.5. The van der Waals surface area contributed by atoms with Gasteiger partial charge in [0, 0.05) is 48.2 Å². The van der Waals surface area contributed by atoms with E-state index in [1.54, 1.807) is 24.5 Å². The molecular formula is C27H23F3N4O2. The number of aliphatic hydroxyl groups is 1. The number of rotatable bonds is 5. The van der Waals surface area contributed by atoms with Crippen molar-refractivity contribution in [2.24, 2.45) is 0 Å². The van der Waals surface area contributed by atoms with Gasteiger partial charge in [0.2, 0.25) is 0 Å². The molecule has 0 aliphatic carbocycles. The predicted molar refractivity (Wildman–Crippen MR) is 130 cm³/mol. The van der Waals surface area contributed by atoms with E-state index in [4.69, 9.17) is 9.97 Å². The first kappa shape index (κ1) is 23.7. The number of piperidine rings is 1. The average molecular weight is 493 g/mol. The van der Waals surface area contributed by atoms with Gasteiger partial charge >= 0.3 is 6.36 Å². The first-order valence-electron chi connectivity index (χ1n) is 11.5. The quantitative estimate of drug-likeness (QED) is 0.384. The summed E-state index contributed by atoms with van der Waals surface area (Å²) in [4.78, 5) is 16.1. The van der Waals surface area contributed by atoms with Crippen molar-refractivity contribution in [2.75, 3.05) is 18.0 Å². The lowest BCUT2D eigenvalue weighted by Gasteiger charge is -2.30. The minimum atomic E-state index is -4.74. The van der Waals surface area contributed by atoms with E-state index in [2.05, 4.69) is 14.6 Å². The standard InChI is InChI=1S/C27H23F3N4O2/c28-27(29,30)36-23-8-6-18(7-9-23)20-14-21(17-31-16-20)24-15-25(34-12-10-22(35)11-13-34)33-26(32-24)19-4-2-1-3-5-19/h1-9,14-17,22,35H,10-13H2. The van der Waals surface area contributed by atoms with Gasteiger partial charge in [0.05, 0.1) is 11.8 Å². The zero-order valence-electron chi connectivity index (χ0n) is 19.2. The van der Waals surface area contributed by atoms with Crippen LogP contribution >= 0.6 is 0 Å². The molecule has 0 amide bonds. The molecule has 3 heterocycles. The van der Waals surface area contributed by atoms with E-state index < -0.39 is 6.36 Å². The molecule has 5 rings (SSSR count). The average Bonchev–Trinajstić information content (AvgIpc) is 2.89. The molecule has 0 radical (unpaired) electrons. The molecule has 1 aliphatic heterocycles. The summed E-state index contributed by atoms with van der Waals surface area (Å²) in [5.41, 5.74) is 3.73. The number of hydrogen-bond donors (Lipinski definition) is 1. The lowest BCUT2D eigenvalue weighted by molar-refractivity contribution is -0.274. The Hall–Kier alpha value is -3.98. The summed E-state index contributed by atoms with van der Waals surface area (Å²) in [5, 5.41) is 9.92. The lowest BCUT2D eigenvalue weighted by Crippen LogP contribution is -2.36. The van der Waals surface area contributed by atoms with Crippen molar-refractivity contribution < 1.29 is 23.0 Å². The highest BCUT2D eigenvalue weighted by Crippen LogP contribution is 2.31. The minimum Gasteiger partial charge on any atom is -0.406 e. The molecule has 1 fully saturated rings. The number of benzene rings is 2. The number of hydrogen-bond acceptors (Lipinski definition) is 6. The Kier molecular flexibility index (Phi) is 6.56. The van der Waals surface area contributed by atoms with Gasteiger partial charge in [-0.05, 0) is 36.6 Å². The summed E-state index contributed by atoms with van der Waals surface area (Å²) in [7, 11) is 0. The van der Waals surface area contributed by atoms with Crippen LogP contribution in [0.4, 0.5) is 19.0 Å². The number of aliphatic hydroxyl groups excluding tert-OH is 1. The van der Waals surface area contributed by atoms with Crippen LogP contribution in [-0.2, 0) is 0 Å². The fraction of sp³-hybridized carbons (Fsp3) is 0.222. The number of ether oxygens (including phenoxy) is 1. The van der Waals surface area contributed by atoms with E-state index in [-0.39, 0.29) is 11.9 Å². The van der Waals surface area contributed by atoms with E-state index in [1.165, 1.54) is 12.1 Å². The molecule has 4 aromatic rings. The molecule has 0 atom stereocenters. The second kappa shape index (κ2) is 9.94. The van der Waals surface area contributed by atoms with Crippen molar-refractivity contribution in [3.63, 3.8) is 0 Å². The van der Waals surface area contributed by atoms with Gasteiger partial charge in [-0.15, -0.1) is 13.2 Å². The van der Waals surface area contributed by atoms with Crippen LogP contribution in [0.5, 0.6) is 5.75 Å². The number of nitrogens with zero attached hydrogens (tertiary/aromatic N) is 4. The molecule has 1 aliphatic rings. The highest BCUT2D eigenvalue weighted by Gasteiger charge is 2.31. The largest absolute Gasteiger partial charge is 0.573 e. The molecule has 6 nitrogen and oxygen atoms in total. The molecule has 1 N–H and O–H groups in total. The molecule has 2 aromatic heterocycles. The van der Waals surface area contributed by atoms with E-state index in [9.17, 15) is 18.3 Å². The maximum Gasteiger partial charge on any atom is 0.573 e. The summed E-state index contributed by atoms with van der Waals surface area (Å²) < 4.78 is 41.4. The van der Waals surface area contributed by atoms with Crippen molar-refractivity contribution in [2.45, 2.75) is 25.3 Å². The van der Waals surface area contributed by atoms with Crippen molar-refractivity contribution in [1.29, 1.82) is 0 Å². The van der Waals surface area contributed by atoms with Gasteiger partial charge in [-0.1, -0.05) is 42.5 Å². The molecular weight excluding hydrogens is 469 g/mol. The summed E-state index contributed by atoms with van der Waals surface area (Å²) in [5.74, 6) is 1.06. The Labute approximate surface area is 206 Å². The van der Waals surface area contributed by atoms with Gasteiger partial charge in [-0.25, -0.2) is 9.97 Å². The minimum absolute atomic E-state index is 0.282. The van der Waals surface area contributed by atoms with Crippen LogP contribution < -0.4 is 9.64 Å². The number of pyridine rings is 1. The summed E-state index contributed by atoms with van der Waals surface area (Å²) >= 11 is 0. The van der Waals surface area contributed by atoms with Crippen molar-refractivity contribution in [3.05, 3.63) is 79.1 Å². The van der Waals surface area contributed by atoms with Crippen molar-refractivity contribution in [1.82, 2.24) is 15.0 Å². The third kappa shape index (κ3) is 5.63. The summed E-state index contributed by atoms with van der Waals surface area (Å²) in [6.07, 6.45) is -0.349. The second-order valence-corrected chi connectivity index (χ2v) is 8.55. The van der Waals surface area contributed by atoms with Gasteiger partial charge in [-0.2, -0.15) is 0 Å². The smallest absolute Gasteiger partial charge is 0.406 e. The second-order valence-electron chi connectivity index (χ2n) is 8.55. The van der Waals surface area contributed by atoms with Gasteiger partial charge in [-0.3, -0.25) is 4.98 Å². The fourth-order valence-electron chi connectivity index (χ4n) is 4.14. The molecule has 0 spiro atoms. The summed E-state index contributed by atoms with van der Waals surface area (Å²) in [6.45, 7) is 1.38. The topological polar surface area (TPSA) is 71.4 Å². The van der Waals surface area contributed by atoms with Crippen LogP contribution in [0.25, 0.3) is 33.8 Å². The van der Waals surface area contributed by atoms with Gasteiger partial charge in [0.15, 0.2) is 5.82 Å². The van der Waals surface area contributed by atoms with E-state index >= 15 is 0 Å². The van der Waals surface area contributed by atoms with Gasteiger partial charge < -0.3 is 14.7 Å². The van der Waals surface area contributed by atoms with E-state index in [0.717, 1.165) is 22.5 Å². The molecule has 1 saturated heterocycles. The molecule has 36 heavy (non-hydrogen) atoms. The summed E-state index contributed by atoms with van der Waals surface area (Å²) in [6, 6.07) is 19.1. The van der Waals surface area contributed by atoms with E-state index in [0.29, 0.717) is 43.0 Å². The normalized spacial score (nSPS) is 14.6. The highest BCUT2D eigenvalue weighted by atomic mass is 19.4. The van der Waals surface area contributed by atoms with Gasteiger partial charge in [0.25, 0.3) is 0 Å². The highest BCUT2D eigenvalue weighted by molar-refractivity contribution is 5.73. The SMILES string of the molecule is OC1CCN(c2cc(-c3cncc(-c4ccc(OC(F)(F)F)cc4)c3)nc(-c3ccccc3)n2)CC1. The van der Waals surface area contributed by atoms with Crippen LogP contribution in [0.2, 0.25) is 0 Å². The zero-order valence-corrected chi connectivity index (χ0v) is 19.2. The Morgan fingerprint density at radius 1 is 0.806 bits per heavy atom. The van der Waals surface area contributed by atoms with Crippen LogP contribution in [0.15, 0.2) is 79.1 Å². The number of aromatic nitrogens is 3. The van der Waals surface area contributed by atoms with Crippen molar-refractivity contribution >= 4 is 5.82 Å². The molecule has 0 unspecified atom stereocenters. The van der Waals surface area contributed by atoms with Crippen LogP contribution in [0.3, 0.4) is 0 Å². The van der Waals surface area contributed by atoms with Crippen LogP contribution in [0.1, 0.15) is 12.8 Å². The molecule has 9 heteroatoms. The number of anilines is 1. The Morgan fingerprint density at radius 2 is 1.50 bits per heavy atom. The fourth-order valence-corrected chi connectivity index (χ4v) is 4.14. The van der Waals surface area contributed by atoms with Crippen LogP contribution in [0, 0.1) is 0 Å². The molecule has 2 aromatic carbocycles. The predicted octanol–water partition coefficient (Wildman–Crippen LogP) is 5.73. The van der Waals surface area contributed by atoms with E-state index in [1.807, 2.05) is 42.5 Å². The number of alkyl halides is 3. The molecule has 0 saturated carbocycles. The Morgan fingerprint density at radius 3 is 2.19 bits per heavy atom. The van der Waals surface area contributed by atoms with Gasteiger partial charge in [0.1, 0.15) is 11.6 Å². The van der Waals surface area contributed by atoms with Crippen LogP contribution in [-0.4, -0.2) is 45.6 Å². The monoisotopic (exact) mass is 492 g/mol. The maximum atomic E-state index is 12.5. The first-order chi connectivity index (χ1) is 17.3. The van der Waals surface area contributed by atoms with Crippen molar-refractivity contribution in [3.8, 4) is 39.5 Å². The maximum absolute atomic E-state index is 12.5. The molecule has 0 bridgehead atoms. The lowest BCUT2D eigenvalue weighted by atomic mass is 10.0.